The van der Waals surface area contributed by atoms with Crippen LogP contribution in [0.2, 0.25) is 0 Å². The predicted molar refractivity (Wildman–Crippen MR) is 101 cm³/mol. The number of nitrogens with zero attached hydrogens (tertiary/aromatic N) is 2. The third kappa shape index (κ3) is 3.17. The van der Waals surface area contributed by atoms with E-state index in [9.17, 15) is 4.79 Å². The number of ether oxygens (including phenoxy) is 1. The fraction of sp³-hybridized carbons (Fsp3) is 0.333. The summed E-state index contributed by atoms with van der Waals surface area (Å²) in [5.74, 6) is 1.64. The van der Waals surface area contributed by atoms with Crippen molar-refractivity contribution in [2.75, 3.05) is 13.2 Å². The first-order valence-electron chi connectivity index (χ1n) is 9.06. The van der Waals surface area contributed by atoms with Crippen LogP contribution in [0.5, 0.6) is 5.75 Å². The van der Waals surface area contributed by atoms with Gasteiger partial charge in [-0.1, -0.05) is 29.8 Å². The molecule has 3 aromatic rings. The molecule has 0 unspecified atom stereocenters. The Morgan fingerprint density at radius 1 is 1.27 bits per heavy atom. The van der Waals surface area contributed by atoms with Crippen LogP contribution in [0, 0.1) is 13.8 Å². The Morgan fingerprint density at radius 3 is 2.92 bits per heavy atom. The molecule has 0 spiro atoms. The van der Waals surface area contributed by atoms with Crippen molar-refractivity contribution in [3.05, 3.63) is 59.4 Å². The van der Waals surface area contributed by atoms with Crippen molar-refractivity contribution in [3.8, 4) is 5.75 Å². The summed E-state index contributed by atoms with van der Waals surface area (Å²) in [5, 5.41) is 0. The van der Waals surface area contributed by atoms with E-state index in [0.29, 0.717) is 0 Å². The van der Waals surface area contributed by atoms with Crippen LogP contribution in [-0.4, -0.2) is 33.9 Å². The molecule has 26 heavy (non-hydrogen) atoms. The van der Waals surface area contributed by atoms with Gasteiger partial charge in [0.1, 0.15) is 11.6 Å². The number of nitrogens with one attached hydrogen (secondary N) is 1. The van der Waals surface area contributed by atoms with Crippen LogP contribution in [0.4, 0.5) is 0 Å². The SMILES string of the molecule is Cc1ccc(OCC(=O)N2CCC[C@@H]2c2nc3ccccc3[nH]2)c(C)c1. The maximum atomic E-state index is 12.8. The van der Waals surface area contributed by atoms with Crippen LogP contribution in [0.25, 0.3) is 11.0 Å². The molecular formula is C21H23N3O2. The Morgan fingerprint density at radius 2 is 2.12 bits per heavy atom. The summed E-state index contributed by atoms with van der Waals surface area (Å²) in [6, 6.07) is 13.9. The van der Waals surface area contributed by atoms with Crippen molar-refractivity contribution in [1.29, 1.82) is 0 Å². The third-order valence-corrected chi connectivity index (χ3v) is 4.98. The number of carbonyl (C=O) groups excluding carboxylic acids is 1. The lowest BCUT2D eigenvalue weighted by atomic mass is 10.1. The van der Waals surface area contributed by atoms with Gasteiger partial charge >= 0.3 is 0 Å². The molecule has 1 saturated heterocycles. The van der Waals surface area contributed by atoms with E-state index in [0.717, 1.165) is 47.6 Å². The molecule has 1 N–H and O–H groups in total. The highest BCUT2D eigenvalue weighted by atomic mass is 16.5. The van der Waals surface area contributed by atoms with Gasteiger partial charge in [-0.15, -0.1) is 0 Å². The molecule has 1 amide bonds. The summed E-state index contributed by atoms with van der Waals surface area (Å²) >= 11 is 0. The van der Waals surface area contributed by atoms with Crippen LogP contribution in [0.15, 0.2) is 42.5 Å². The molecule has 0 saturated carbocycles. The number of fused-ring (bicyclic) bond motifs is 1. The minimum atomic E-state index is -0.00221. The van der Waals surface area contributed by atoms with E-state index in [-0.39, 0.29) is 18.6 Å². The molecule has 1 atom stereocenters. The number of likely N-dealkylation sites (tertiary alicyclic amines) is 1. The van der Waals surface area contributed by atoms with Gasteiger partial charge < -0.3 is 14.6 Å². The number of hydrogen-bond donors (Lipinski definition) is 1. The highest BCUT2D eigenvalue weighted by molar-refractivity contribution is 5.79. The first-order chi connectivity index (χ1) is 12.6. The monoisotopic (exact) mass is 349 g/mol. The molecule has 1 fully saturated rings. The Kier molecular flexibility index (Phi) is 4.37. The minimum absolute atomic E-state index is 0.00221. The van der Waals surface area contributed by atoms with Crippen LogP contribution < -0.4 is 4.74 Å². The normalized spacial score (nSPS) is 17.0. The van der Waals surface area contributed by atoms with E-state index >= 15 is 0 Å². The van der Waals surface area contributed by atoms with Gasteiger partial charge in [-0.3, -0.25) is 4.79 Å². The molecule has 5 nitrogen and oxygen atoms in total. The second-order valence-electron chi connectivity index (χ2n) is 6.94. The van der Waals surface area contributed by atoms with E-state index < -0.39 is 0 Å². The first-order valence-corrected chi connectivity index (χ1v) is 9.06. The van der Waals surface area contributed by atoms with Crippen molar-refractivity contribution < 1.29 is 9.53 Å². The predicted octanol–water partition coefficient (Wildman–Crippen LogP) is 3.92. The molecule has 1 aliphatic heterocycles. The standard InChI is InChI=1S/C21H23N3O2/c1-14-9-10-19(15(2)12-14)26-13-20(25)24-11-5-8-18(24)21-22-16-6-3-4-7-17(16)23-21/h3-4,6-7,9-10,12,18H,5,8,11,13H2,1-2H3,(H,22,23)/t18-/m1/s1. The molecule has 2 aromatic carbocycles. The van der Waals surface area contributed by atoms with Gasteiger partial charge in [0.2, 0.25) is 0 Å². The minimum Gasteiger partial charge on any atom is -0.483 e. The summed E-state index contributed by atoms with van der Waals surface area (Å²) in [4.78, 5) is 22.7. The van der Waals surface area contributed by atoms with Crippen LogP contribution in [0.3, 0.4) is 0 Å². The Balaban J connectivity index is 1.48. The first kappa shape index (κ1) is 16.6. The number of benzene rings is 2. The zero-order chi connectivity index (χ0) is 18.1. The summed E-state index contributed by atoms with van der Waals surface area (Å²) in [5.41, 5.74) is 4.18. The van der Waals surface area contributed by atoms with Gasteiger partial charge in [-0.05, 0) is 50.5 Å². The van der Waals surface area contributed by atoms with E-state index in [1.165, 1.54) is 5.56 Å². The maximum Gasteiger partial charge on any atom is 0.261 e. The number of imidazole rings is 1. The highest BCUT2D eigenvalue weighted by Gasteiger charge is 2.32. The van der Waals surface area contributed by atoms with Gasteiger partial charge in [-0.25, -0.2) is 4.98 Å². The average Bonchev–Trinajstić information content (AvgIpc) is 3.27. The third-order valence-electron chi connectivity index (χ3n) is 4.98. The van der Waals surface area contributed by atoms with Gasteiger partial charge in [0.05, 0.1) is 17.1 Å². The largest absolute Gasteiger partial charge is 0.483 e. The fourth-order valence-electron chi connectivity index (χ4n) is 3.66. The summed E-state index contributed by atoms with van der Waals surface area (Å²) in [7, 11) is 0. The van der Waals surface area contributed by atoms with Crippen molar-refractivity contribution in [2.24, 2.45) is 0 Å². The van der Waals surface area contributed by atoms with Gasteiger partial charge in [-0.2, -0.15) is 0 Å². The lowest BCUT2D eigenvalue weighted by Crippen LogP contribution is -2.35. The Bertz CT molecular complexity index is 914. The summed E-state index contributed by atoms with van der Waals surface area (Å²) in [6.45, 7) is 4.85. The molecule has 134 valence electrons. The number of hydrogen-bond acceptors (Lipinski definition) is 3. The average molecular weight is 349 g/mol. The second-order valence-corrected chi connectivity index (χ2v) is 6.94. The number of carbonyl (C=O) groups is 1. The summed E-state index contributed by atoms with van der Waals surface area (Å²) in [6.07, 6.45) is 1.91. The number of aromatic amines is 1. The quantitative estimate of drug-likeness (QED) is 0.776. The van der Waals surface area contributed by atoms with Crippen molar-refractivity contribution in [1.82, 2.24) is 14.9 Å². The molecule has 2 heterocycles. The molecule has 4 rings (SSSR count). The van der Waals surface area contributed by atoms with Crippen molar-refractivity contribution in [3.63, 3.8) is 0 Å². The molecule has 0 aliphatic carbocycles. The zero-order valence-electron chi connectivity index (χ0n) is 15.2. The topological polar surface area (TPSA) is 58.2 Å². The lowest BCUT2D eigenvalue weighted by Gasteiger charge is -2.23. The fourth-order valence-corrected chi connectivity index (χ4v) is 3.66. The van der Waals surface area contributed by atoms with E-state index in [4.69, 9.17) is 4.74 Å². The van der Waals surface area contributed by atoms with Crippen molar-refractivity contribution >= 4 is 16.9 Å². The lowest BCUT2D eigenvalue weighted by molar-refractivity contribution is -0.134. The number of aromatic nitrogens is 2. The second kappa shape index (κ2) is 6.83. The van der Waals surface area contributed by atoms with E-state index in [2.05, 4.69) is 16.0 Å². The number of aryl methyl sites for hydroxylation is 2. The highest BCUT2D eigenvalue weighted by Crippen LogP contribution is 2.31. The number of H-pyrrole nitrogens is 1. The summed E-state index contributed by atoms with van der Waals surface area (Å²) < 4.78 is 5.79. The van der Waals surface area contributed by atoms with Crippen LogP contribution in [0.1, 0.15) is 35.8 Å². The smallest absolute Gasteiger partial charge is 0.261 e. The number of para-hydroxylation sites is 2. The number of rotatable bonds is 4. The van der Waals surface area contributed by atoms with Crippen LogP contribution in [-0.2, 0) is 4.79 Å². The molecular weight excluding hydrogens is 326 g/mol. The zero-order valence-corrected chi connectivity index (χ0v) is 15.2. The maximum absolute atomic E-state index is 12.8. The number of amides is 1. The molecule has 0 bridgehead atoms. The van der Waals surface area contributed by atoms with Gasteiger partial charge in [0.15, 0.2) is 6.61 Å². The van der Waals surface area contributed by atoms with Crippen LogP contribution >= 0.6 is 0 Å². The Hall–Kier alpha value is -2.82. The molecule has 1 aromatic heterocycles. The molecule has 5 heteroatoms. The molecule has 0 radical (unpaired) electrons. The van der Waals surface area contributed by atoms with E-state index in [1.54, 1.807) is 0 Å². The molecule has 1 aliphatic rings. The van der Waals surface area contributed by atoms with Gasteiger partial charge in [0, 0.05) is 6.54 Å². The van der Waals surface area contributed by atoms with Gasteiger partial charge in [0.25, 0.3) is 5.91 Å². The van der Waals surface area contributed by atoms with E-state index in [1.807, 2.05) is 55.1 Å². The van der Waals surface area contributed by atoms with Crippen molar-refractivity contribution in [2.45, 2.75) is 32.7 Å². The Labute approximate surface area is 153 Å².